The van der Waals surface area contributed by atoms with Crippen LogP contribution < -0.4 is 0 Å². The van der Waals surface area contributed by atoms with Crippen molar-refractivity contribution in [2.45, 2.75) is 26.7 Å². The first-order chi connectivity index (χ1) is 9.73. The number of carbonyl (C=O) groups is 2. The Morgan fingerprint density at radius 3 is 1.57 bits per heavy atom. The monoisotopic (exact) mass is 322 g/mol. The lowest BCUT2D eigenvalue weighted by Crippen LogP contribution is -2.10. The topological polar surface area (TPSA) is 130 Å². The number of carbonyl (C=O) groups excluding carboxylic acids is 2. The Morgan fingerprint density at radius 2 is 1.29 bits per heavy atom. The van der Waals surface area contributed by atoms with E-state index in [1.54, 1.807) is 0 Å². The average Bonchev–Trinajstić information content (AvgIpc) is 2.40. The van der Waals surface area contributed by atoms with E-state index in [0.717, 1.165) is 0 Å². The van der Waals surface area contributed by atoms with Crippen LogP contribution in [0.25, 0.3) is 0 Å². The normalized spacial score (nSPS) is 15.3. The largest absolute Gasteiger partial charge is 0.589 e. The van der Waals surface area contributed by atoms with Crippen molar-refractivity contribution in [2.24, 2.45) is 0 Å². The van der Waals surface area contributed by atoms with Crippen LogP contribution in [0.2, 0.25) is 0 Å². The van der Waals surface area contributed by atoms with E-state index < -0.39 is 19.8 Å². The number of phosphoric acid groups is 1. The third-order valence-corrected chi connectivity index (χ3v) is 2.99. The average molecular weight is 322 g/mol. The zero-order valence-electron chi connectivity index (χ0n) is 11.8. The van der Waals surface area contributed by atoms with E-state index in [1.807, 2.05) is 0 Å². The van der Waals surface area contributed by atoms with Crippen LogP contribution in [-0.4, -0.2) is 40.3 Å². The van der Waals surface area contributed by atoms with Crippen molar-refractivity contribution >= 4 is 19.8 Å². The molecule has 3 N–H and O–H groups in total. The molecule has 0 unspecified atom stereocenters. The predicted octanol–water partition coefficient (Wildman–Crippen LogP) is 0.831. The van der Waals surface area contributed by atoms with Crippen LogP contribution >= 0.6 is 7.82 Å². The SMILES string of the molecule is CC(=CCCO)C(=O)OP(=O)(O)OC(=O)C(C)=CCCO. The molecule has 0 radical (unpaired) electrons. The lowest BCUT2D eigenvalue weighted by atomic mass is 10.2. The predicted molar refractivity (Wildman–Crippen MR) is 72.9 cm³/mol. The minimum absolute atomic E-state index is 0.00178. The number of rotatable bonds is 8. The van der Waals surface area contributed by atoms with Crippen LogP contribution in [-0.2, 0) is 23.2 Å². The van der Waals surface area contributed by atoms with Gasteiger partial charge in [0.05, 0.1) is 0 Å². The molecule has 0 saturated heterocycles. The Labute approximate surface area is 122 Å². The molecule has 8 nitrogen and oxygen atoms in total. The molecule has 21 heavy (non-hydrogen) atoms. The first-order valence-electron chi connectivity index (χ1n) is 6.09. The van der Waals surface area contributed by atoms with Crippen molar-refractivity contribution in [3.05, 3.63) is 23.3 Å². The van der Waals surface area contributed by atoms with Gasteiger partial charge >= 0.3 is 19.8 Å². The van der Waals surface area contributed by atoms with Crippen LogP contribution in [0.3, 0.4) is 0 Å². The van der Waals surface area contributed by atoms with Gasteiger partial charge in [-0.15, -0.1) is 0 Å². The van der Waals surface area contributed by atoms with Crippen molar-refractivity contribution in [1.29, 1.82) is 0 Å². The summed E-state index contributed by atoms with van der Waals surface area (Å²) in [6, 6.07) is 0. The molecule has 0 aliphatic heterocycles. The van der Waals surface area contributed by atoms with Gasteiger partial charge in [0, 0.05) is 24.4 Å². The Morgan fingerprint density at radius 1 is 0.952 bits per heavy atom. The zero-order valence-corrected chi connectivity index (χ0v) is 12.7. The van der Waals surface area contributed by atoms with E-state index >= 15 is 0 Å². The molecule has 0 rings (SSSR count). The van der Waals surface area contributed by atoms with Crippen LogP contribution in [0.5, 0.6) is 0 Å². The van der Waals surface area contributed by atoms with Crippen LogP contribution in [0, 0.1) is 0 Å². The Hall–Kier alpha value is -1.47. The fourth-order valence-electron chi connectivity index (χ4n) is 1.10. The minimum Gasteiger partial charge on any atom is -0.396 e. The number of aliphatic hydroxyl groups excluding tert-OH is 2. The van der Waals surface area contributed by atoms with E-state index in [1.165, 1.54) is 26.0 Å². The van der Waals surface area contributed by atoms with Gasteiger partial charge < -0.3 is 19.3 Å². The quantitative estimate of drug-likeness (QED) is 0.442. The van der Waals surface area contributed by atoms with Gasteiger partial charge in [-0.1, -0.05) is 12.2 Å². The molecule has 120 valence electrons. The zero-order chi connectivity index (χ0) is 16.5. The molecule has 0 aromatic rings. The first kappa shape index (κ1) is 19.5. The summed E-state index contributed by atoms with van der Waals surface area (Å²) < 4.78 is 20.0. The highest BCUT2D eigenvalue weighted by Crippen LogP contribution is 2.44. The summed E-state index contributed by atoms with van der Waals surface area (Å²) in [6.07, 6.45) is 2.99. The third-order valence-electron chi connectivity index (χ3n) is 2.20. The van der Waals surface area contributed by atoms with Crippen LogP contribution in [0.4, 0.5) is 0 Å². The van der Waals surface area contributed by atoms with Gasteiger partial charge in [0.1, 0.15) is 0 Å². The maximum atomic E-state index is 11.5. The second-order valence-electron chi connectivity index (χ2n) is 4.02. The van der Waals surface area contributed by atoms with Gasteiger partial charge in [-0.3, -0.25) is 4.89 Å². The molecular weight excluding hydrogens is 303 g/mol. The van der Waals surface area contributed by atoms with Crippen LogP contribution in [0.15, 0.2) is 23.3 Å². The molecular formula is C12H19O8P. The third kappa shape index (κ3) is 8.41. The van der Waals surface area contributed by atoms with E-state index in [-0.39, 0.29) is 37.2 Å². The number of hydrogen-bond acceptors (Lipinski definition) is 7. The van der Waals surface area contributed by atoms with Crippen molar-refractivity contribution < 1.29 is 38.3 Å². The summed E-state index contributed by atoms with van der Waals surface area (Å²) in [5.74, 6) is -2.25. The minimum atomic E-state index is -4.88. The summed E-state index contributed by atoms with van der Waals surface area (Å²) in [7, 11) is -4.88. The molecule has 0 atom stereocenters. The van der Waals surface area contributed by atoms with Crippen molar-refractivity contribution in [2.75, 3.05) is 13.2 Å². The molecule has 0 amide bonds. The molecule has 9 heteroatoms. The fourth-order valence-corrected chi connectivity index (χ4v) is 1.85. The standard InChI is InChI=1S/C12H19O8P/c1-9(5-3-7-13)11(15)19-21(17,18)20-12(16)10(2)6-4-8-14/h5-6,13-14H,3-4,7-8H2,1-2H3,(H,17,18). The molecule has 0 bridgehead atoms. The number of hydrogen-bond donors (Lipinski definition) is 3. The molecule has 0 spiro atoms. The maximum absolute atomic E-state index is 11.5. The summed E-state index contributed by atoms with van der Waals surface area (Å²) in [4.78, 5) is 32.2. The highest BCUT2D eigenvalue weighted by molar-refractivity contribution is 7.48. The maximum Gasteiger partial charge on any atom is 0.589 e. The van der Waals surface area contributed by atoms with Gasteiger partial charge in [0.25, 0.3) is 0 Å². The van der Waals surface area contributed by atoms with E-state index in [9.17, 15) is 19.0 Å². The smallest absolute Gasteiger partial charge is 0.396 e. The van der Waals surface area contributed by atoms with Crippen molar-refractivity contribution in [3.63, 3.8) is 0 Å². The Bertz CT molecular complexity index is 440. The van der Waals surface area contributed by atoms with Gasteiger partial charge in [-0.25, -0.2) is 14.2 Å². The molecule has 0 saturated carbocycles. The second kappa shape index (κ2) is 9.46. The molecule has 0 aliphatic rings. The molecule has 0 fully saturated rings. The number of aliphatic hydroxyl groups is 2. The lowest BCUT2D eigenvalue weighted by Gasteiger charge is -2.11. The molecule has 0 aliphatic carbocycles. The van der Waals surface area contributed by atoms with E-state index in [4.69, 9.17) is 10.2 Å². The number of phosphoric ester groups is 1. The van der Waals surface area contributed by atoms with Crippen molar-refractivity contribution in [3.8, 4) is 0 Å². The highest BCUT2D eigenvalue weighted by atomic mass is 31.2. The van der Waals surface area contributed by atoms with Crippen molar-refractivity contribution in [1.82, 2.24) is 0 Å². The highest BCUT2D eigenvalue weighted by Gasteiger charge is 2.31. The van der Waals surface area contributed by atoms with Gasteiger partial charge in [0.15, 0.2) is 0 Å². The van der Waals surface area contributed by atoms with Gasteiger partial charge in [-0.05, 0) is 26.7 Å². The van der Waals surface area contributed by atoms with E-state index in [0.29, 0.717) is 0 Å². The van der Waals surface area contributed by atoms with Gasteiger partial charge in [0.2, 0.25) is 0 Å². The summed E-state index contributed by atoms with van der Waals surface area (Å²) in [5.41, 5.74) is 0.00355. The van der Waals surface area contributed by atoms with Gasteiger partial charge in [-0.2, -0.15) is 0 Å². The molecule has 0 aromatic carbocycles. The fraction of sp³-hybridized carbons (Fsp3) is 0.500. The summed E-state index contributed by atoms with van der Waals surface area (Å²) >= 11 is 0. The van der Waals surface area contributed by atoms with Crippen LogP contribution in [0.1, 0.15) is 26.7 Å². The summed E-state index contributed by atoms with van der Waals surface area (Å²) in [6.45, 7) is 2.27. The second-order valence-corrected chi connectivity index (χ2v) is 5.33. The van der Waals surface area contributed by atoms with E-state index in [2.05, 4.69) is 9.05 Å². The first-order valence-corrected chi connectivity index (χ1v) is 7.59. The lowest BCUT2D eigenvalue weighted by molar-refractivity contribution is -0.135. The Balaban J connectivity index is 4.67. The summed E-state index contributed by atoms with van der Waals surface area (Å²) in [5, 5.41) is 17.2. The molecule has 0 heterocycles. The Kier molecular flexibility index (Phi) is 8.80. The molecule has 0 aromatic heterocycles.